The number of ether oxygens (including phenoxy) is 1. The molecular weight excluding hydrogens is 368 g/mol. The van der Waals surface area contributed by atoms with Crippen LogP contribution in [-0.2, 0) is 9.53 Å². The van der Waals surface area contributed by atoms with Gasteiger partial charge in [-0.3, -0.25) is 4.79 Å². The third kappa shape index (κ3) is 25.2. The van der Waals surface area contributed by atoms with Crippen molar-refractivity contribution in [2.24, 2.45) is 5.92 Å². The van der Waals surface area contributed by atoms with E-state index in [2.05, 4.69) is 32.9 Å². The Kier molecular flexibility index (Phi) is 23.8. The highest BCUT2D eigenvalue weighted by Gasteiger charge is 2.02. The zero-order valence-electron chi connectivity index (χ0n) is 20.9. The molecule has 0 heterocycles. The quantitative estimate of drug-likeness (QED) is 0.0930. The molecule has 0 aromatic carbocycles. The summed E-state index contributed by atoms with van der Waals surface area (Å²) in [5.41, 5.74) is 0. The molecule has 0 amide bonds. The molecule has 0 N–H and O–H groups in total. The Hall–Kier alpha value is -0.790. The van der Waals surface area contributed by atoms with E-state index in [1.165, 1.54) is 109 Å². The van der Waals surface area contributed by atoms with Gasteiger partial charge in [-0.2, -0.15) is 0 Å². The molecule has 0 aromatic heterocycles. The summed E-state index contributed by atoms with van der Waals surface area (Å²) in [6, 6.07) is 0. The van der Waals surface area contributed by atoms with Gasteiger partial charge in [-0.1, -0.05) is 116 Å². The van der Waals surface area contributed by atoms with E-state index in [4.69, 9.17) is 4.74 Å². The van der Waals surface area contributed by atoms with Crippen LogP contribution >= 0.6 is 0 Å². The molecule has 0 aliphatic rings. The first kappa shape index (κ1) is 29.2. The van der Waals surface area contributed by atoms with Gasteiger partial charge in [-0.25, -0.2) is 0 Å². The average Bonchev–Trinajstić information content (AvgIpc) is 2.72. The fraction of sp³-hybridized carbons (Fsp3) is 0.893. The van der Waals surface area contributed by atoms with Gasteiger partial charge in [0, 0.05) is 6.42 Å². The molecule has 0 aliphatic heterocycles. The topological polar surface area (TPSA) is 26.3 Å². The van der Waals surface area contributed by atoms with E-state index >= 15 is 0 Å². The minimum absolute atomic E-state index is 0.0105. The van der Waals surface area contributed by atoms with E-state index < -0.39 is 0 Å². The van der Waals surface area contributed by atoms with Crippen LogP contribution in [0.3, 0.4) is 0 Å². The van der Waals surface area contributed by atoms with Gasteiger partial charge in [-0.15, -0.1) is 0 Å². The van der Waals surface area contributed by atoms with E-state index in [0.29, 0.717) is 13.0 Å². The third-order valence-corrected chi connectivity index (χ3v) is 5.83. The Morgan fingerprint density at radius 2 is 1.17 bits per heavy atom. The lowest BCUT2D eigenvalue weighted by Gasteiger charge is -2.06. The van der Waals surface area contributed by atoms with Crippen LogP contribution in [0, 0.1) is 5.92 Å². The second-order valence-electron chi connectivity index (χ2n) is 9.51. The highest BCUT2D eigenvalue weighted by molar-refractivity contribution is 5.69. The second kappa shape index (κ2) is 24.5. The molecule has 0 radical (unpaired) electrons. The maximum atomic E-state index is 11.8. The monoisotopic (exact) mass is 422 g/mol. The van der Waals surface area contributed by atoms with Gasteiger partial charge in [0.25, 0.3) is 0 Å². The molecule has 0 unspecified atom stereocenters. The molecule has 0 aliphatic carbocycles. The number of allylic oxidation sites excluding steroid dienone is 2. The summed E-state index contributed by atoms with van der Waals surface area (Å²) in [5, 5.41) is 0. The predicted octanol–water partition coefficient (Wildman–Crippen LogP) is 9.56. The molecule has 0 saturated heterocycles. The molecule has 0 spiro atoms. The summed E-state index contributed by atoms with van der Waals surface area (Å²) in [4.78, 5) is 11.8. The Morgan fingerprint density at radius 3 is 1.77 bits per heavy atom. The van der Waals surface area contributed by atoms with Crippen LogP contribution in [0.5, 0.6) is 0 Å². The summed E-state index contributed by atoms with van der Waals surface area (Å²) in [5.74, 6) is 0.833. The van der Waals surface area contributed by atoms with E-state index in [0.717, 1.165) is 18.8 Å². The van der Waals surface area contributed by atoms with E-state index in [1.807, 2.05) is 0 Å². The molecule has 0 fully saturated rings. The zero-order chi connectivity index (χ0) is 22.1. The third-order valence-electron chi connectivity index (χ3n) is 5.83. The minimum Gasteiger partial charge on any atom is -0.466 e. The Morgan fingerprint density at radius 1 is 0.667 bits per heavy atom. The van der Waals surface area contributed by atoms with Crippen LogP contribution in [0.2, 0.25) is 0 Å². The van der Waals surface area contributed by atoms with Crippen molar-refractivity contribution < 1.29 is 9.53 Å². The number of carbonyl (C=O) groups excluding carboxylic acids is 1. The normalized spacial score (nSPS) is 11.6. The van der Waals surface area contributed by atoms with Crippen molar-refractivity contribution in [2.75, 3.05) is 6.61 Å². The Balaban J connectivity index is 3.20. The maximum Gasteiger partial charge on any atom is 0.305 e. The van der Waals surface area contributed by atoms with Crippen molar-refractivity contribution in [1.82, 2.24) is 0 Å². The van der Waals surface area contributed by atoms with Gasteiger partial charge in [0.05, 0.1) is 6.61 Å². The number of hydrogen-bond acceptors (Lipinski definition) is 2. The van der Waals surface area contributed by atoms with Crippen molar-refractivity contribution in [3.05, 3.63) is 12.2 Å². The van der Waals surface area contributed by atoms with Crippen molar-refractivity contribution in [2.45, 2.75) is 149 Å². The fourth-order valence-electron chi connectivity index (χ4n) is 3.78. The summed E-state index contributed by atoms with van der Waals surface area (Å²) >= 11 is 0. The largest absolute Gasteiger partial charge is 0.466 e. The summed E-state index contributed by atoms with van der Waals surface area (Å²) < 4.78 is 5.36. The van der Waals surface area contributed by atoms with Gasteiger partial charge >= 0.3 is 5.97 Å². The van der Waals surface area contributed by atoms with E-state index in [1.54, 1.807) is 0 Å². The Labute approximate surface area is 189 Å². The molecule has 0 saturated carbocycles. The summed E-state index contributed by atoms with van der Waals surface area (Å²) in [7, 11) is 0. The van der Waals surface area contributed by atoms with Crippen LogP contribution in [-0.4, -0.2) is 12.6 Å². The van der Waals surface area contributed by atoms with Crippen LogP contribution in [0.15, 0.2) is 12.2 Å². The Bertz CT molecular complexity index is 373. The van der Waals surface area contributed by atoms with Crippen LogP contribution in [0.4, 0.5) is 0 Å². The fourth-order valence-corrected chi connectivity index (χ4v) is 3.78. The van der Waals surface area contributed by atoms with Crippen LogP contribution in [0.1, 0.15) is 149 Å². The molecule has 0 aromatic rings. The van der Waals surface area contributed by atoms with Crippen LogP contribution in [0.25, 0.3) is 0 Å². The SMILES string of the molecule is CCCCCCC=CCCCCCCCCCC(=O)OCCCCCCCC(C)C. The van der Waals surface area contributed by atoms with E-state index in [9.17, 15) is 4.79 Å². The number of rotatable bonds is 23. The number of esters is 1. The van der Waals surface area contributed by atoms with Gasteiger partial charge in [0.1, 0.15) is 0 Å². The summed E-state index contributed by atoms with van der Waals surface area (Å²) in [6.07, 6.45) is 29.6. The molecule has 2 nitrogen and oxygen atoms in total. The summed E-state index contributed by atoms with van der Waals surface area (Å²) in [6.45, 7) is 7.46. The standard InChI is InChI=1S/C28H54O2/c1-4-5-6-7-8-9-10-11-12-13-14-15-16-19-22-25-28(29)30-26-23-20-17-18-21-24-27(2)3/h9-10,27H,4-8,11-26H2,1-3H3. The lowest BCUT2D eigenvalue weighted by atomic mass is 10.0. The molecule has 0 rings (SSSR count). The lowest BCUT2D eigenvalue weighted by Crippen LogP contribution is -2.05. The lowest BCUT2D eigenvalue weighted by molar-refractivity contribution is -0.143. The van der Waals surface area contributed by atoms with E-state index in [-0.39, 0.29) is 5.97 Å². The number of unbranched alkanes of at least 4 members (excludes halogenated alkanes) is 15. The van der Waals surface area contributed by atoms with Crippen molar-refractivity contribution in [3.63, 3.8) is 0 Å². The highest BCUT2D eigenvalue weighted by Crippen LogP contribution is 2.12. The average molecular weight is 423 g/mol. The number of carbonyl (C=O) groups is 1. The molecule has 0 atom stereocenters. The molecule has 178 valence electrons. The zero-order valence-corrected chi connectivity index (χ0v) is 20.9. The second-order valence-corrected chi connectivity index (χ2v) is 9.51. The number of hydrogen-bond donors (Lipinski definition) is 0. The first-order chi connectivity index (χ1) is 14.7. The molecule has 0 bridgehead atoms. The minimum atomic E-state index is 0.0105. The smallest absolute Gasteiger partial charge is 0.305 e. The maximum absolute atomic E-state index is 11.8. The van der Waals surface area contributed by atoms with Crippen molar-refractivity contribution >= 4 is 5.97 Å². The van der Waals surface area contributed by atoms with Crippen molar-refractivity contribution in [1.29, 1.82) is 0 Å². The molecule has 2 heteroatoms. The molecule has 30 heavy (non-hydrogen) atoms. The van der Waals surface area contributed by atoms with Crippen LogP contribution < -0.4 is 0 Å². The highest BCUT2D eigenvalue weighted by atomic mass is 16.5. The predicted molar refractivity (Wildman–Crippen MR) is 133 cm³/mol. The van der Waals surface area contributed by atoms with Gasteiger partial charge in [0.2, 0.25) is 0 Å². The van der Waals surface area contributed by atoms with Gasteiger partial charge in [0.15, 0.2) is 0 Å². The van der Waals surface area contributed by atoms with Crippen molar-refractivity contribution in [3.8, 4) is 0 Å². The van der Waals surface area contributed by atoms with Gasteiger partial charge in [-0.05, 0) is 44.4 Å². The molecular formula is C28H54O2. The van der Waals surface area contributed by atoms with Gasteiger partial charge < -0.3 is 4.74 Å². The first-order valence-electron chi connectivity index (χ1n) is 13.5. The first-order valence-corrected chi connectivity index (χ1v) is 13.5.